The Morgan fingerprint density at radius 3 is 1.95 bits per heavy atom. The number of phenolic OH excluding ortho intramolecular Hbond substituents is 2. The lowest BCUT2D eigenvalue weighted by molar-refractivity contribution is 0.465. The zero-order chi connectivity index (χ0) is 14.3. The molecule has 0 radical (unpaired) electrons. The predicted octanol–water partition coefficient (Wildman–Crippen LogP) is 4.76. The number of benzene rings is 2. The molecule has 0 saturated carbocycles. The Balaban J connectivity index is 2.92. The second kappa shape index (κ2) is 4.89. The van der Waals surface area contributed by atoms with Crippen LogP contribution in [0.5, 0.6) is 11.5 Å². The maximum Gasteiger partial charge on any atom is 0.127 e. The molecule has 0 spiro atoms. The van der Waals surface area contributed by atoms with Gasteiger partial charge in [-0.2, -0.15) is 0 Å². The minimum Gasteiger partial charge on any atom is -0.507 e. The molecule has 3 heteroatoms. The molecule has 2 aromatic rings. The number of halogens is 1. The van der Waals surface area contributed by atoms with Crippen molar-refractivity contribution in [2.45, 2.75) is 27.7 Å². The summed E-state index contributed by atoms with van der Waals surface area (Å²) >= 11 is 3.45. The highest BCUT2D eigenvalue weighted by atomic mass is 79.9. The largest absolute Gasteiger partial charge is 0.507 e. The van der Waals surface area contributed by atoms with E-state index < -0.39 is 0 Å². The fourth-order valence-corrected chi connectivity index (χ4v) is 2.91. The number of aromatic hydroxyl groups is 2. The number of phenols is 2. The van der Waals surface area contributed by atoms with Crippen molar-refractivity contribution in [3.8, 4) is 22.6 Å². The molecule has 0 aliphatic rings. The first kappa shape index (κ1) is 13.9. The highest BCUT2D eigenvalue weighted by Crippen LogP contribution is 2.45. The van der Waals surface area contributed by atoms with Gasteiger partial charge >= 0.3 is 0 Å². The van der Waals surface area contributed by atoms with Crippen LogP contribution in [0.1, 0.15) is 22.3 Å². The standard InChI is InChI=1S/C16H17BrO2/c1-8-9(2)11(4)16(19)14(10(8)3)15-12(17)6-5-7-13(15)18/h5-7,18-19H,1-4H3. The van der Waals surface area contributed by atoms with E-state index in [1.54, 1.807) is 12.1 Å². The van der Waals surface area contributed by atoms with Gasteiger partial charge in [-0.3, -0.25) is 0 Å². The van der Waals surface area contributed by atoms with E-state index in [1.807, 2.05) is 33.8 Å². The summed E-state index contributed by atoms with van der Waals surface area (Å²) < 4.78 is 0.772. The van der Waals surface area contributed by atoms with Crippen molar-refractivity contribution < 1.29 is 10.2 Å². The Kier molecular flexibility index (Phi) is 3.59. The Hall–Kier alpha value is -1.48. The molecule has 0 unspecified atom stereocenters. The normalized spacial score (nSPS) is 10.8. The van der Waals surface area contributed by atoms with E-state index in [1.165, 1.54) is 0 Å². The van der Waals surface area contributed by atoms with Crippen molar-refractivity contribution in [1.29, 1.82) is 0 Å². The molecule has 2 aromatic carbocycles. The number of hydrogen-bond acceptors (Lipinski definition) is 2. The lowest BCUT2D eigenvalue weighted by atomic mass is 9.89. The molecule has 2 nitrogen and oxygen atoms in total. The summed E-state index contributed by atoms with van der Waals surface area (Å²) in [7, 11) is 0. The number of rotatable bonds is 1. The van der Waals surface area contributed by atoms with Crippen molar-refractivity contribution in [3.05, 3.63) is 44.9 Å². The van der Waals surface area contributed by atoms with E-state index in [0.717, 1.165) is 26.7 Å². The highest BCUT2D eigenvalue weighted by molar-refractivity contribution is 9.10. The Labute approximate surface area is 121 Å². The third-order valence-corrected chi connectivity index (χ3v) is 4.56. The van der Waals surface area contributed by atoms with Crippen LogP contribution in [0, 0.1) is 27.7 Å². The molecule has 2 N–H and O–H groups in total. The molecular weight excluding hydrogens is 304 g/mol. The van der Waals surface area contributed by atoms with Gasteiger partial charge in [-0.25, -0.2) is 0 Å². The van der Waals surface area contributed by atoms with Crippen LogP contribution >= 0.6 is 15.9 Å². The predicted molar refractivity (Wildman–Crippen MR) is 81.9 cm³/mol. The molecule has 0 aliphatic heterocycles. The topological polar surface area (TPSA) is 40.5 Å². The van der Waals surface area contributed by atoms with E-state index >= 15 is 0 Å². The van der Waals surface area contributed by atoms with Gasteiger partial charge in [0, 0.05) is 15.6 Å². The van der Waals surface area contributed by atoms with E-state index in [4.69, 9.17) is 0 Å². The summed E-state index contributed by atoms with van der Waals surface area (Å²) in [4.78, 5) is 0. The summed E-state index contributed by atoms with van der Waals surface area (Å²) in [6.45, 7) is 7.90. The van der Waals surface area contributed by atoms with Crippen molar-refractivity contribution in [3.63, 3.8) is 0 Å². The lowest BCUT2D eigenvalue weighted by Gasteiger charge is -2.19. The van der Waals surface area contributed by atoms with Gasteiger partial charge in [-0.15, -0.1) is 0 Å². The van der Waals surface area contributed by atoms with Crippen molar-refractivity contribution in [2.75, 3.05) is 0 Å². The van der Waals surface area contributed by atoms with Crippen LogP contribution in [-0.2, 0) is 0 Å². The molecule has 0 atom stereocenters. The first-order chi connectivity index (χ1) is 8.86. The monoisotopic (exact) mass is 320 g/mol. The fraction of sp³-hybridized carbons (Fsp3) is 0.250. The van der Waals surface area contributed by atoms with Crippen molar-refractivity contribution in [1.82, 2.24) is 0 Å². The van der Waals surface area contributed by atoms with Crippen LogP contribution in [0.2, 0.25) is 0 Å². The zero-order valence-corrected chi connectivity index (χ0v) is 13.1. The molecule has 0 fully saturated rings. The molecule has 100 valence electrons. The smallest absolute Gasteiger partial charge is 0.127 e. The zero-order valence-electron chi connectivity index (χ0n) is 11.5. The summed E-state index contributed by atoms with van der Waals surface area (Å²) in [6, 6.07) is 5.26. The van der Waals surface area contributed by atoms with Crippen LogP contribution < -0.4 is 0 Å². The second-order valence-corrected chi connectivity index (χ2v) is 5.71. The summed E-state index contributed by atoms with van der Waals surface area (Å²) in [5, 5.41) is 20.6. The van der Waals surface area contributed by atoms with Crippen LogP contribution in [0.3, 0.4) is 0 Å². The van der Waals surface area contributed by atoms with Crippen LogP contribution in [0.4, 0.5) is 0 Å². The van der Waals surface area contributed by atoms with Gasteiger partial charge in [-0.1, -0.05) is 22.0 Å². The van der Waals surface area contributed by atoms with E-state index in [-0.39, 0.29) is 11.5 Å². The third-order valence-electron chi connectivity index (χ3n) is 3.90. The molecule has 0 amide bonds. The van der Waals surface area contributed by atoms with Crippen LogP contribution in [0.15, 0.2) is 22.7 Å². The van der Waals surface area contributed by atoms with E-state index in [9.17, 15) is 10.2 Å². The molecular formula is C16H17BrO2. The second-order valence-electron chi connectivity index (χ2n) is 4.86. The third kappa shape index (κ3) is 2.12. The minimum absolute atomic E-state index is 0.162. The quantitative estimate of drug-likeness (QED) is 0.795. The lowest BCUT2D eigenvalue weighted by Crippen LogP contribution is -1.97. The van der Waals surface area contributed by atoms with Gasteiger partial charge in [-0.05, 0) is 62.1 Å². The molecule has 0 heterocycles. The molecule has 0 saturated heterocycles. The van der Waals surface area contributed by atoms with Crippen molar-refractivity contribution >= 4 is 15.9 Å². The Morgan fingerprint density at radius 1 is 0.789 bits per heavy atom. The maximum absolute atomic E-state index is 10.5. The maximum atomic E-state index is 10.5. The summed E-state index contributed by atoms with van der Waals surface area (Å²) in [5.41, 5.74) is 5.41. The highest BCUT2D eigenvalue weighted by Gasteiger charge is 2.20. The van der Waals surface area contributed by atoms with E-state index in [2.05, 4.69) is 15.9 Å². The van der Waals surface area contributed by atoms with Gasteiger partial charge in [0.1, 0.15) is 11.5 Å². The molecule has 2 rings (SSSR count). The first-order valence-corrected chi connectivity index (χ1v) is 6.92. The SMILES string of the molecule is Cc1c(C)c(C)c(-c2c(O)cccc2Br)c(O)c1C. The van der Waals surface area contributed by atoms with Crippen LogP contribution in [0.25, 0.3) is 11.1 Å². The molecule has 0 aliphatic carbocycles. The van der Waals surface area contributed by atoms with Gasteiger partial charge in [0.05, 0.1) is 0 Å². The Morgan fingerprint density at radius 2 is 1.37 bits per heavy atom. The first-order valence-electron chi connectivity index (χ1n) is 6.13. The summed E-state index contributed by atoms with van der Waals surface area (Å²) in [5.74, 6) is 0.401. The fourth-order valence-electron chi connectivity index (χ4n) is 2.36. The molecule has 0 bridgehead atoms. The van der Waals surface area contributed by atoms with Gasteiger partial charge < -0.3 is 10.2 Å². The molecule has 19 heavy (non-hydrogen) atoms. The van der Waals surface area contributed by atoms with Crippen molar-refractivity contribution in [2.24, 2.45) is 0 Å². The van der Waals surface area contributed by atoms with Gasteiger partial charge in [0.25, 0.3) is 0 Å². The average Bonchev–Trinajstić information content (AvgIpc) is 2.37. The van der Waals surface area contributed by atoms with Gasteiger partial charge in [0.15, 0.2) is 0 Å². The van der Waals surface area contributed by atoms with E-state index in [0.29, 0.717) is 11.1 Å². The minimum atomic E-state index is 0.162. The summed E-state index contributed by atoms with van der Waals surface area (Å²) in [6.07, 6.45) is 0. The number of hydrogen-bond donors (Lipinski definition) is 2. The van der Waals surface area contributed by atoms with Gasteiger partial charge in [0.2, 0.25) is 0 Å². The molecule has 0 aromatic heterocycles. The average molecular weight is 321 g/mol. The Bertz CT molecular complexity index is 611. The van der Waals surface area contributed by atoms with Crippen LogP contribution in [-0.4, -0.2) is 10.2 Å².